The first-order chi connectivity index (χ1) is 6.68. The Morgan fingerprint density at radius 3 is 2.57 bits per heavy atom. The van der Waals surface area contributed by atoms with Gasteiger partial charge in [0.25, 0.3) is 0 Å². The van der Waals surface area contributed by atoms with E-state index >= 15 is 0 Å². The zero-order valence-corrected chi connectivity index (χ0v) is 10.2. The molecule has 1 fully saturated rings. The Kier molecular flexibility index (Phi) is 7.77. The summed E-state index contributed by atoms with van der Waals surface area (Å²) in [5.74, 6) is 1.13. The Morgan fingerprint density at radius 2 is 1.93 bits per heavy atom. The molecule has 1 rings (SSSR count). The zero-order valence-electron chi connectivity index (χ0n) is 10.2. The number of carbonyl (C=O) groups is 1. The molecule has 1 aliphatic rings. The van der Waals surface area contributed by atoms with Crippen molar-refractivity contribution in [1.82, 2.24) is 4.90 Å². The van der Waals surface area contributed by atoms with Crippen LogP contribution in [0.3, 0.4) is 0 Å². The van der Waals surface area contributed by atoms with Crippen molar-refractivity contribution >= 4 is 5.78 Å². The van der Waals surface area contributed by atoms with Crippen LogP contribution in [0.4, 0.5) is 0 Å². The Morgan fingerprint density at radius 1 is 1.29 bits per heavy atom. The highest BCUT2D eigenvalue weighted by Crippen LogP contribution is 2.12. The largest absolute Gasteiger partial charge is 0.306 e. The SMILES string of the molecule is CC.CC1CCC(=O)CCCN(C)C1. The molecule has 2 heteroatoms. The van der Waals surface area contributed by atoms with Crippen LogP contribution >= 0.6 is 0 Å². The van der Waals surface area contributed by atoms with Crippen molar-refractivity contribution in [3.8, 4) is 0 Å². The molecule has 1 unspecified atom stereocenters. The average molecular weight is 199 g/mol. The Hall–Kier alpha value is -0.370. The van der Waals surface area contributed by atoms with Crippen LogP contribution in [-0.2, 0) is 4.79 Å². The van der Waals surface area contributed by atoms with Crippen molar-refractivity contribution in [2.45, 2.75) is 46.5 Å². The fraction of sp³-hybridized carbons (Fsp3) is 0.917. The maximum absolute atomic E-state index is 11.2. The second kappa shape index (κ2) is 7.98. The van der Waals surface area contributed by atoms with Gasteiger partial charge in [0.2, 0.25) is 0 Å². The first-order valence-electron chi connectivity index (χ1n) is 5.88. The lowest BCUT2D eigenvalue weighted by Gasteiger charge is -2.18. The highest BCUT2D eigenvalue weighted by Gasteiger charge is 2.12. The van der Waals surface area contributed by atoms with E-state index in [4.69, 9.17) is 0 Å². The summed E-state index contributed by atoms with van der Waals surface area (Å²) in [5.41, 5.74) is 0. The van der Waals surface area contributed by atoms with Crippen molar-refractivity contribution in [2.24, 2.45) is 5.92 Å². The first kappa shape index (κ1) is 13.6. The van der Waals surface area contributed by atoms with Gasteiger partial charge in [-0.2, -0.15) is 0 Å². The normalized spacial score (nSPS) is 25.4. The van der Waals surface area contributed by atoms with Gasteiger partial charge in [-0.3, -0.25) is 4.79 Å². The van der Waals surface area contributed by atoms with Crippen molar-refractivity contribution in [2.75, 3.05) is 20.1 Å². The standard InChI is InChI=1S/C10H19NO.C2H6/c1-9-5-6-10(12)4-3-7-11(2)8-9;1-2/h9H,3-8H2,1-2H3;1-2H3. The predicted molar refractivity (Wildman–Crippen MR) is 61.5 cm³/mol. The minimum absolute atomic E-state index is 0.456. The third-order valence-corrected chi connectivity index (χ3v) is 2.53. The molecule has 1 saturated heterocycles. The molecule has 14 heavy (non-hydrogen) atoms. The molecule has 0 N–H and O–H groups in total. The molecule has 0 aromatic heterocycles. The van der Waals surface area contributed by atoms with Crippen molar-refractivity contribution < 1.29 is 4.79 Å². The summed E-state index contributed by atoms with van der Waals surface area (Å²) in [6, 6.07) is 0. The summed E-state index contributed by atoms with van der Waals surface area (Å²) in [5, 5.41) is 0. The summed E-state index contributed by atoms with van der Waals surface area (Å²) in [6.45, 7) is 8.46. The van der Waals surface area contributed by atoms with Crippen LogP contribution in [0.15, 0.2) is 0 Å². The second-order valence-corrected chi connectivity index (χ2v) is 4.05. The van der Waals surface area contributed by atoms with Crippen LogP contribution in [0.2, 0.25) is 0 Å². The summed E-state index contributed by atoms with van der Waals surface area (Å²) in [6.07, 6.45) is 3.71. The quantitative estimate of drug-likeness (QED) is 0.598. The molecule has 0 aromatic rings. The predicted octanol–water partition coefficient (Wildman–Crippen LogP) is 2.72. The van der Waals surface area contributed by atoms with Gasteiger partial charge in [-0.05, 0) is 32.4 Å². The van der Waals surface area contributed by atoms with Gasteiger partial charge >= 0.3 is 0 Å². The lowest BCUT2D eigenvalue weighted by molar-refractivity contribution is -0.119. The van der Waals surface area contributed by atoms with Gasteiger partial charge in [0, 0.05) is 19.4 Å². The number of hydrogen-bond donors (Lipinski definition) is 0. The highest BCUT2D eigenvalue weighted by atomic mass is 16.1. The van der Waals surface area contributed by atoms with Gasteiger partial charge in [-0.15, -0.1) is 0 Å². The molecule has 0 aromatic carbocycles. The van der Waals surface area contributed by atoms with Crippen LogP contribution < -0.4 is 0 Å². The highest BCUT2D eigenvalue weighted by molar-refractivity contribution is 5.78. The van der Waals surface area contributed by atoms with Crippen LogP contribution in [0.25, 0.3) is 0 Å². The molecular weight excluding hydrogens is 174 g/mol. The lowest BCUT2D eigenvalue weighted by Crippen LogP contribution is -2.24. The number of nitrogens with zero attached hydrogens (tertiary/aromatic N) is 1. The monoisotopic (exact) mass is 199 g/mol. The van der Waals surface area contributed by atoms with E-state index in [2.05, 4.69) is 18.9 Å². The molecule has 0 radical (unpaired) electrons. The zero-order chi connectivity index (χ0) is 11.0. The lowest BCUT2D eigenvalue weighted by atomic mass is 10.0. The maximum atomic E-state index is 11.2. The van der Waals surface area contributed by atoms with E-state index < -0.39 is 0 Å². The smallest absolute Gasteiger partial charge is 0.132 e. The minimum atomic E-state index is 0.456. The molecule has 0 bridgehead atoms. The Labute approximate surface area is 88.7 Å². The van der Waals surface area contributed by atoms with E-state index in [-0.39, 0.29) is 0 Å². The number of hydrogen-bond acceptors (Lipinski definition) is 2. The molecule has 1 aliphatic heterocycles. The molecule has 84 valence electrons. The van der Waals surface area contributed by atoms with Crippen LogP contribution in [0.5, 0.6) is 0 Å². The summed E-state index contributed by atoms with van der Waals surface area (Å²) in [7, 11) is 2.15. The summed E-state index contributed by atoms with van der Waals surface area (Å²) in [4.78, 5) is 13.6. The molecule has 0 amide bonds. The molecule has 1 heterocycles. The number of Topliss-reactive ketones (excluding diaryl/α,β-unsaturated/α-hetero) is 1. The summed E-state index contributed by atoms with van der Waals surface area (Å²) < 4.78 is 0. The number of carbonyl (C=O) groups excluding carboxylic acids is 1. The third kappa shape index (κ3) is 6.14. The topological polar surface area (TPSA) is 20.3 Å². The van der Waals surface area contributed by atoms with Crippen molar-refractivity contribution in [3.63, 3.8) is 0 Å². The van der Waals surface area contributed by atoms with E-state index in [1.165, 1.54) is 0 Å². The van der Waals surface area contributed by atoms with Crippen LogP contribution in [0, 0.1) is 5.92 Å². The molecule has 0 saturated carbocycles. The van der Waals surface area contributed by atoms with Crippen molar-refractivity contribution in [3.05, 3.63) is 0 Å². The van der Waals surface area contributed by atoms with Gasteiger partial charge in [-0.25, -0.2) is 0 Å². The third-order valence-electron chi connectivity index (χ3n) is 2.53. The van der Waals surface area contributed by atoms with E-state index in [1.807, 2.05) is 13.8 Å². The fourth-order valence-electron chi connectivity index (χ4n) is 1.79. The number of ketones is 1. The van der Waals surface area contributed by atoms with Gasteiger partial charge in [0.15, 0.2) is 0 Å². The minimum Gasteiger partial charge on any atom is -0.306 e. The van der Waals surface area contributed by atoms with Gasteiger partial charge in [0.05, 0.1) is 0 Å². The molecular formula is C12H25NO. The van der Waals surface area contributed by atoms with E-state index in [0.717, 1.165) is 38.8 Å². The van der Waals surface area contributed by atoms with E-state index in [1.54, 1.807) is 0 Å². The van der Waals surface area contributed by atoms with Gasteiger partial charge in [-0.1, -0.05) is 20.8 Å². The van der Waals surface area contributed by atoms with Gasteiger partial charge < -0.3 is 4.90 Å². The molecule has 0 aliphatic carbocycles. The summed E-state index contributed by atoms with van der Waals surface area (Å²) >= 11 is 0. The average Bonchev–Trinajstić information content (AvgIpc) is 2.23. The molecule has 2 nitrogen and oxygen atoms in total. The Bertz CT molecular complexity index is 156. The van der Waals surface area contributed by atoms with E-state index in [9.17, 15) is 4.79 Å². The first-order valence-corrected chi connectivity index (χ1v) is 5.88. The van der Waals surface area contributed by atoms with E-state index in [0.29, 0.717) is 11.7 Å². The van der Waals surface area contributed by atoms with Crippen LogP contribution in [0.1, 0.15) is 46.5 Å². The Balaban J connectivity index is 0.000000791. The molecule has 0 spiro atoms. The van der Waals surface area contributed by atoms with Crippen LogP contribution in [-0.4, -0.2) is 30.8 Å². The second-order valence-electron chi connectivity index (χ2n) is 4.05. The molecule has 1 atom stereocenters. The maximum Gasteiger partial charge on any atom is 0.132 e. The van der Waals surface area contributed by atoms with Crippen molar-refractivity contribution in [1.29, 1.82) is 0 Å². The fourth-order valence-corrected chi connectivity index (χ4v) is 1.79. The number of rotatable bonds is 0. The van der Waals surface area contributed by atoms with Gasteiger partial charge in [0.1, 0.15) is 5.78 Å².